The number of hydrogen-bond donors (Lipinski definition) is 3. The van der Waals surface area contributed by atoms with Gasteiger partial charge in [0.2, 0.25) is 0 Å². The Hall–Kier alpha value is -4.43. The lowest BCUT2D eigenvalue weighted by Crippen LogP contribution is -2.42. The third kappa shape index (κ3) is 8.82. The number of nitro benzene ring substituents is 1. The molecule has 0 aliphatic carbocycles. The minimum absolute atomic E-state index is 0.0352. The molecule has 0 fully saturated rings. The molecule has 0 aromatic heterocycles. The summed E-state index contributed by atoms with van der Waals surface area (Å²) in [6.45, 7) is 4.95. The largest absolute Gasteiger partial charge is 0.491 e. The number of nitrogens with one attached hydrogen (secondary N) is 1. The standard InChI is InChI=1S/C31H36F3N3O8/c1-17(2)27(35)23(38)16-45-22-12-10-19(11-13-22)7-6-14-44-30(40)24-18(3)36-28(31(32,33)34)26(29(39)43-4)25(24)20-8-5-9-21(15-20)37(41)42/h5,8-13,15,17,23,25,27,36,38H,6-7,14,16,35H2,1-4H3. The molecule has 244 valence electrons. The first-order valence-electron chi connectivity index (χ1n) is 14.1. The van der Waals surface area contributed by atoms with Crippen LogP contribution in [0.3, 0.4) is 0 Å². The molecule has 11 nitrogen and oxygen atoms in total. The number of rotatable bonds is 13. The van der Waals surface area contributed by atoms with E-state index in [2.05, 4.69) is 10.1 Å². The topological polar surface area (TPSA) is 163 Å². The Labute approximate surface area is 258 Å². The number of esters is 2. The minimum atomic E-state index is -5.04. The van der Waals surface area contributed by atoms with Gasteiger partial charge in [-0.15, -0.1) is 0 Å². The van der Waals surface area contributed by atoms with Crippen molar-refractivity contribution in [1.29, 1.82) is 0 Å². The van der Waals surface area contributed by atoms with Gasteiger partial charge in [0.05, 0.1) is 35.7 Å². The van der Waals surface area contributed by atoms with Crippen LogP contribution in [-0.4, -0.2) is 60.6 Å². The summed E-state index contributed by atoms with van der Waals surface area (Å²) in [6, 6.07) is 11.3. The molecule has 14 heteroatoms. The second-order valence-corrected chi connectivity index (χ2v) is 10.8. The average Bonchev–Trinajstić information content (AvgIpc) is 3.00. The molecular weight excluding hydrogens is 599 g/mol. The van der Waals surface area contributed by atoms with Crippen LogP contribution in [0.25, 0.3) is 0 Å². The molecular formula is C31H36F3N3O8. The van der Waals surface area contributed by atoms with Crippen LogP contribution in [-0.2, 0) is 25.5 Å². The number of methoxy groups -OCH3 is 1. The molecule has 4 N–H and O–H groups in total. The monoisotopic (exact) mass is 635 g/mol. The number of nitro groups is 1. The zero-order chi connectivity index (χ0) is 33.5. The highest BCUT2D eigenvalue weighted by molar-refractivity contribution is 6.00. The van der Waals surface area contributed by atoms with Crippen molar-refractivity contribution < 1.29 is 47.0 Å². The van der Waals surface area contributed by atoms with Crippen LogP contribution in [0.2, 0.25) is 0 Å². The summed E-state index contributed by atoms with van der Waals surface area (Å²) in [5.74, 6) is -3.41. The summed E-state index contributed by atoms with van der Waals surface area (Å²) < 4.78 is 57.8. The number of alkyl halides is 3. The number of nitrogens with zero attached hydrogens (tertiary/aromatic N) is 1. The molecule has 3 unspecified atom stereocenters. The van der Waals surface area contributed by atoms with Gasteiger partial charge in [0, 0.05) is 23.9 Å². The van der Waals surface area contributed by atoms with Crippen LogP contribution in [0, 0.1) is 16.0 Å². The second kappa shape index (κ2) is 15.0. The molecule has 0 bridgehead atoms. The summed E-state index contributed by atoms with van der Waals surface area (Å²) in [4.78, 5) is 36.7. The Bertz CT molecular complexity index is 1450. The van der Waals surface area contributed by atoms with Crippen LogP contribution < -0.4 is 15.8 Å². The Balaban J connectivity index is 1.75. The van der Waals surface area contributed by atoms with Gasteiger partial charge in [-0.25, -0.2) is 9.59 Å². The van der Waals surface area contributed by atoms with E-state index in [1.54, 1.807) is 24.3 Å². The molecule has 45 heavy (non-hydrogen) atoms. The number of ether oxygens (including phenoxy) is 3. The second-order valence-electron chi connectivity index (χ2n) is 10.8. The first-order chi connectivity index (χ1) is 21.1. The molecule has 3 atom stereocenters. The number of halogens is 3. The van der Waals surface area contributed by atoms with Crippen molar-refractivity contribution in [3.8, 4) is 5.75 Å². The Morgan fingerprint density at radius 3 is 2.36 bits per heavy atom. The number of carbonyl (C=O) groups excluding carboxylic acids is 2. The van der Waals surface area contributed by atoms with Crippen molar-refractivity contribution in [2.24, 2.45) is 11.7 Å². The molecule has 1 heterocycles. The number of hydrogen-bond acceptors (Lipinski definition) is 10. The average molecular weight is 636 g/mol. The molecule has 1 aliphatic heterocycles. The van der Waals surface area contributed by atoms with Gasteiger partial charge in [-0.05, 0) is 48.9 Å². The summed E-state index contributed by atoms with van der Waals surface area (Å²) in [5.41, 5.74) is 3.36. The van der Waals surface area contributed by atoms with Gasteiger partial charge in [-0.1, -0.05) is 38.1 Å². The number of benzene rings is 2. The van der Waals surface area contributed by atoms with Gasteiger partial charge < -0.3 is 30.4 Å². The van der Waals surface area contributed by atoms with E-state index < -0.39 is 58.1 Å². The Morgan fingerprint density at radius 1 is 1.11 bits per heavy atom. The number of nitrogens with two attached hydrogens (primary N) is 1. The van der Waals surface area contributed by atoms with Crippen molar-refractivity contribution in [3.63, 3.8) is 0 Å². The van der Waals surface area contributed by atoms with E-state index in [-0.39, 0.29) is 36.0 Å². The molecule has 3 rings (SSSR count). The zero-order valence-electron chi connectivity index (χ0n) is 25.2. The predicted molar refractivity (Wildman–Crippen MR) is 157 cm³/mol. The normalized spacial score (nSPS) is 16.6. The van der Waals surface area contributed by atoms with E-state index in [0.29, 0.717) is 18.6 Å². The van der Waals surface area contributed by atoms with E-state index in [1.165, 1.54) is 19.1 Å². The Morgan fingerprint density at radius 2 is 1.78 bits per heavy atom. The van der Waals surface area contributed by atoms with E-state index in [0.717, 1.165) is 24.8 Å². The predicted octanol–water partition coefficient (Wildman–Crippen LogP) is 4.44. The molecule has 0 saturated heterocycles. The third-order valence-corrected chi connectivity index (χ3v) is 7.29. The summed E-state index contributed by atoms with van der Waals surface area (Å²) in [7, 11) is 0.890. The fourth-order valence-corrected chi connectivity index (χ4v) is 4.81. The number of aryl methyl sites for hydroxylation is 1. The number of non-ortho nitro benzene ring substituents is 1. The smallest absolute Gasteiger partial charge is 0.431 e. The molecule has 0 spiro atoms. The fraction of sp³-hybridized carbons (Fsp3) is 0.419. The van der Waals surface area contributed by atoms with Crippen LogP contribution >= 0.6 is 0 Å². The molecule has 0 radical (unpaired) electrons. The number of dihydropyridines is 1. The van der Waals surface area contributed by atoms with Gasteiger partial charge in [0.15, 0.2) is 0 Å². The molecule has 1 aliphatic rings. The summed E-state index contributed by atoms with van der Waals surface area (Å²) >= 11 is 0. The summed E-state index contributed by atoms with van der Waals surface area (Å²) in [5, 5.41) is 23.6. The van der Waals surface area contributed by atoms with E-state index >= 15 is 0 Å². The highest BCUT2D eigenvalue weighted by Gasteiger charge is 2.47. The number of aliphatic hydroxyl groups is 1. The highest BCUT2D eigenvalue weighted by atomic mass is 19.4. The van der Waals surface area contributed by atoms with Crippen molar-refractivity contribution in [1.82, 2.24) is 5.32 Å². The quantitative estimate of drug-likeness (QED) is 0.124. The number of allylic oxidation sites excluding steroid dienone is 2. The molecule has 0 saturated carbocycles. The maximum Gasteiger partial charge on any atom is 0.431 e. The van der Waals surface area contributed by atoms with Gasteiger partial charge >= 0.3 is 18.1 Å². The van der Waals surface area contributed by atoms with Gasteiger partial charge in [0.1, 0.15) is 24.2 Å². The molecule has 2 aromatic rings. The minimum Gasteiger partial charge on any atom is -0.491 e. The molecule has 2 aromatic carbocycles. The van der Waals surface area contributed by atoms with Gasteiger partial charge in [-0.2, -0.15) is 13.2 Å². The summed E-state index contributed by atoms with van der Waals surface area (Å²) in [6.07, 6.45) is -5.04. The third-order valence-electron chi connectivity index (χ3n) is 7.29. The van der Waals surface area contributed by atoms with Crippen LogP contribution in [0.4, 0.5) is 18.9 Å². The van der Waals surface area contributed by atoms with E-state index in [4.69, 9.17) is 15.2 Å². The molecule has 0 amide bonds. The van der Waals surface area contributed by atoms with Crippen LogP contribution in [0.5, 0.6) is 5.75 Å². The zero-order valence-corrected chi connectivity index (χ0v) is 25.2. The van der Waals surface area contributed by atoms with Crippen molar-refractivity contribution >= 4 is 17.6 Å². The number of carbonyl (C=O) groups is 2. The van der Waals surface area contributed by atoms with Crippen molar-refractivity contribution in [2.45, 2.75) is 57.9 Å². The maximum absolute atomic E-state index is 14.1. The van der Waals surface area contributed by atoms with Crippen molar-refractivity contribution in [2.75, 3.05) is 20.3 Å². The maximum atomic E-state index is 14.1. The van der Waals surface area contributed by atoms with Crippen LogP contribution in [0.15, 0.2) is 71.1 Å². The lowest BCUT2D eigenvalue weighted by molar-refractivity contribution is -0.384. The lowest BCUT2D eigenvalue weighted by Gasteiger charge is -2.31. The fourth-order valence-electron chi connectivity index (χ4n) is 4.81. The Kier molecular flexibility index (Phi) is 11.7. The van der Waals surface area contributed by atoms with E-state index in [1.807, 2.05) is 13.8 Å². The lowest BCUT2D eigenvalue weighted by atomic mass is 9.80. The highest BCUT2D eigenvalue weighted by Crippen LogP contribution is 2.44. The van der Waals surface area contributed by atoms with Crippen molar-refractivity contribution in [3.05, 3.63) is 92.3 Å². The van der Waals surface area contributed by atoms with Crippen LogP contribution in [0.1, 0.15) is 44.2 Å². The van der Waals surface area contributed by atoms with Gasteiger partial charge in [-0.3, -0.25) is 10.1 Å². The van der Waals surface area contributed by atoms with Gasteiger partial charge in [0.25, 0.3) is 5.69 Å². The van der Waals surface area contributed by atoms with E-state index in [9.17, 15) is 38.0 Å². The SMILES string of the molecule is COC(=O)C1=C(C(F)(F)F)NC(C)=C(C(=O)OCCCc2ccc(OCC(O)C(N)C(C)C)cc2)C1c1cccc([N+](=O)[O-])c1. The number of aliphatic hydroxyl groups excluding tert-OH is 1. The first-order valence-corrected chi connectivity index (χ1v) is 14.1. The first kappa shape index (κ1) is 35.1.